The molecule has 4 rings (SSSR count). The number of halogens is 1. The van der Waals surface area contributed by atoms with Gasteiger partial charge in [0.05, 0.1) is 40.6 Å². The summed E-state index contributed by atoms with van der Waals surface area (Å²) in [5.41, 5.74) is 8.72. The number of hydrogen-bond donors (Lipinski definition) is 1. The number of amides is 1. The first-order chi connectivity index (χ1) is 19.8. The van der Waals surface area contributed by atoms with Gasteiger partial charge in [0, 0.05) is 12.2 Å². The van der Waals surface area contributed by atoms with Crippen molar-refractivity contribution in [2.75, 3.05) is 19.3 Å². The maximum atomic E-state index is 14.4. The van der Waals surface area contributed by atoms with Gasteiger partial charge in [-0.25, -0.2) is 4.79 Å². The Hall–Kier alpha value is -3.67. The van der Waals surface area contributed by atoms with Crippen molar-refractivity contribution in [3.63, 3.8) is 0 Å². The molecule has 0 fully saturated rings. The molecule has 0 spiro atoms. The quantitative estimate of drug-likeness (QED) is 0.249. The third-order valence-corrected chi connectivity index (χ3v) is 7.90. The summed E-state index contributed by atoms with van der Waals surface area (Å²) in [4.78, 5) is 30.0. The van der Waals surface area contributed by atoms with Gasteiger partial charge in [0.15, 0.2) is 5.75 Å². The van der Waals surface area contributed by atoms with E-state index in [4.69, 9.17) is 21.5 Å². The molecular weight excluding hydrogens is 578 g/mol. The van der Waals surface area contributed by atoms with Gasteiger partial charge in [-0.15, -0.1) is 0 Å². The number of carbonyl (C=O) groups excluding carboxylic acids is 1. The third kappa shape index (κ3) is 6.69. The Kier molecular flexibility index (Phi) is 9.44. The van der Waals surface area contributed by atoms with Crippen LogP contribution in [0.2, 0.25) is 5.02 Å². The van der Waals surface area contributed by atoms with E-state index in [1.165, 1.54) is 10.6 Å². The van der Waals surface area contributed by atoms with Crippen LogP contribution >= 0.6 is 11.6 Å². The van der Waals surface area contributed by atoms with Crippen molar-refractivity contribution in [3.8, 4) is 5.75 Å². The average Bonchev–Trinajstić information content (AvgIpc) is 3.21. The van der Waals surface area contributed by atoms with Gasteiger partial charge < -0.3 is 14.8 Å². The lowest BCUT2D eigenvalue weighted by Gasteiger charge is -2.36. The normalized spacial score (nSPS) is 12.6. The van der Waals surface area contributed by atoms with Gasteiger partial charge in [-0.1, -0.05) is 61.8 Å². The molecule has 4 aromatic rings. The Morgan fingerprint density at radius 2 is 1.81 bits per heavy atom. The van der Waals surface area contributed by atoms with Gasteiger partial charge in [0.1, 0.15) is 0 Å². The topological polar surface area (TPSA) is 129 Å². The van der Waals surface area contributed by atoms with Crippen molar-refractivity contribution >= 4 is 33.1 Å². The summed E-state index contributed by atoms with van der Waals surface area (Å²) in [6, 6.07) is 15.5. The number of hydrogen-bond acceptors (Lipinski definition) is 7. The Labute approximate surface area is 250 Å². The Balaban J connectivity index is 1.96. The molecule has 12 heteroatoms. The summed E-state index contributed by atoms with van der Waals surface area (Å²) in [5, 5.41) is 4.72. The third-order valence-electron chi connectivity index (χ3n) is 6.96. The lowest BCUT2D eigenvalue weighted by atomic mass is 9.96. The molecule has 0 aliphatic heterocycles. The van der Waals surface area contributed by atoms with Crippen LogP contribution in [0.15, 0.2) is 59.4 Å². The van der Waals surface area contributed by atoms with Crippen LogP contribution in [0.25, 0.3) is 5.52 Å². The van der Waals surface area contributed by atoms with Crippen LogP contribution in [-0.4, -0.2) is 52.8 Å². The highest BCUT2D eigenvalue weighted by Gasteiger charge is 2.33. The summed E-state index contributed by atoms with van der Waals surface area (Å²) in [6.07, 6.45) is 1.41. The maximum Gasteiger partial charge on any atom is 0.349 e. The number of rotatable bonds is 11. The van der Waals surface area contributed by atoms with Crippen molar-refractivity contribution in [3.05, 3.63) is 98.2 Å². The number of aromatic nitrogens is 3. The molecule has 0 bridgehead atoms. The second kappa shape index (κ2) is 12.7. The molecule has 2 heterocycles. The fraction of sp³-hybridized carbons (Fsp3) is 0.367. The molecule has 0 radical (unpaired) electrons. The molecule has 0 saturated heterocycles. The number of nitrogens with two attached hydrogens (primary N) is 1. The zero-order chi connectivity index (χ0) is 30.8. The van der Waals surface area contributed by atoms with E-state index in [2.05, 4.69) is 5.10 Å². The molecule has 0 aliphatic carbocycles. The van der Waals surface area contributed by atoms with E-state index in [1.54, 1.807) is 35.4 Å². The smallest absolute Gasteiger partial charge is 0.349 e. The molecule has 2 aromatic heterocycles. The number of fused-ring (bicyclic) bond motifs is 1. The van der Waals surface area contributed by atoms with Crippen molar-refractivity contribution in [1.82, 2.24) is 19.1 Å². The molecule has 0 aliphatic rings. The van der Waals surface area contributed by atoms with Gasteiger partial charge in [0.25, 0.3) is 5.91 Å². The summed E-state index contributed by atoms with van der Waals surface area (Å²) in [7, 11) is -3.92. The summed E-state index contributed by atoms with van der Waals surface area (Å²) in [6.45, 7) is 8.23. The lowest BCUT2D eigenvalue weighted by molar-refractivity contribution is 0.0607. The van der Waals surface area contributed by atoms with Gasteiger partial charge in [-0.2, -0.15) is 18.0 Å². The van der Waals surface area contributed by atoms with Gasteiger partial charge in [-0.05, 0) is 62.1 Å². The summed E-state index contributed by atoms with van der Waals surface area (Å²) in [5.74, 6) is -0.687. The van der Waals surface area contributed by atoms with E-state index >= 15 is 0 Å². The van der Waals surface area contributed by atoms with E-state index in [1.807, 2.05) is 50.2 Å². The molecule has 2 aromatic carbocycles. The van der Waals surface area contributed by atoms with Crippen LogP contribution in [0.4, 0.5) is 0 Å². The molecular formula is C30H36ClN5O5S. The number of benzene rings is 2. The van der Waals surface area contributed by atoms with E-state index in [0.717, 1.165) is 17.4 Å². The molecule has 2 N–H and O–H groups in total. The Morgan fingerprint density at radius 3 is 2.43 bits per heavy atom. The fourth-order valence-corrected chi connectivity index (χ4v) is 5.73. The monoisotopic (exact) mass is 613 g/mol. The van der Waals surface area contributed by atoms with Crippen LogP contribution in [-0.2, 0) is 16.7 Å². The Morgan fingerprint density at radius 1 is 1.12 bits per heavy atom. The first-order valence-electron chi connectivity index (χ1n) is 13.7. The second-order valence-electron chi connectivity index (χ2n) is 10.7. The highest BCUT2D eigenvalue weighted by atomic mass is 35.5. The largest absolute Gasteiger partial charge is 0.382 e. The lowest BCUT2D eigenvalue weighted by Crippen LogP contribution is -2.42. The number of carbonyl (C=O) groups is 1. The van der Waals surface area contributed by atoms with E-state index in [0.29, 0.717) is 34.9 Å². The van der Waals surface area contributed by atoms with Gasteiger partial charge in [0.2, 0.25) is 0 Å². The van der Waals surface area contributed by atoms with Crippen molar-refractivity contribution in [2.24, 2.45) is 11.7 Å². The minimum Gasteiger partial charge on any atom is -0.382 e. The molecule has 1 amide bonds. The van der Waals surface area contributed by atoms with Crippen molar-refractivity contribution < 1.29 is 17.4 Å². The highest BCUT2D eigenvalue weighted by molar-refractivity contribution is 7.86. The van der Waals surface area contributed by atoms with Crippen LogP contribution in [0.5, 0.6) is 5.75 Å². The van der Waals surface area contributed by atoms with E-state index < -0.39 is 27.8 Å². The SMILES string of the molecule is Cc1ccc(C(=O)N(CCCN)[C@@H](c2cc3c(Cl)c(C)nn3c(=O)n2Cc2ccccc2)C(C)C)c(OS(C)(=O)=O)c1. The zero-order valence-electron chi connectivity index (χ0n) is 24.4. The zero-order valence-corrected chi connectivity index (χ0v) is 25.9. The van der Waals surface area contributed by atoms with E-state index in [9.17, 15) is 18.0 Å². The summed E-state index contributed by atoms with van der Waals surface area (Å²) < 4.78 is 32.3. The minimum absolute atomic E-state index is 0.0608. The van der Waals surface area contributed by atoms with Crippen LogP contribution in [0.3, 0.4) is 0 Å². The Bertz CT molecular complexity index is 1770. The standard InChI is InChI=1S/C30H36ClN5O5S/c1-19(2)28(34(15-9-14-32)29(37)23-13-12-20(3)16-26(23)41-42(5,39)40)25-17-24-27(31)21(4)33-36(24)30(38)35(25)18-22-10-7-6-8-11-22/h6-8,10-13,16-17,19,28H,9,14-15,18,32H2,1-5H3/t28-/m1/s1. The van der Waals surface area contributed by atoms with Gasteiger partial charge in [-0.3, -0.25) is 9.36 Å². The first-order valence-corrected chi connectivity index (χ1v) is 15.9. The molecule has 42 heavy (non-hydrogen) atoms. The van der Waals surface area contributed by atoms with E-state index in [-0.39, 0.29) is 30.3 Å². The maximum absolute atomic E-state index is 14.4. The fourth-order valence-electron chi connectivity index (χ4n) is 5.09. The average molecular weight is 614 g/mol. The second-order valence-corrected chi connectivity index (χ2v) is 12.7. The molecule has 0 unspecified atom stereocenters. The van der Waals surface area contributed by atoms with Crippen LogP contribution in [0.1, 0.15) is 59.2 Å². The highest BCUT2D eigenvalue weighted by Crippen LogP contribution is 2.34. The van der Waals surface area contributed by atoms with Gasteiger partial charge >= 0.3 is 15.8 Å². The first kappa shape index (κ1) is 31.3. The van der Waals surface area contributed by atoms with Crippen molar-refractivity contribution in [2.45, 2.75) is 46.7 Å². The summed E-state index contributed by atoms with van der Waals surface area (Å²) >= 11 is 6.60. The number of aryl methyl sites for hydroxylation is 2. The minimum atomic E-state index is -3.92. The molecule has 10 nitrogen and oxygen atoms in total. The van der Waals surface area contributed by atoms with Crippen LogP contribution in [0, 0.1) is 19.8 Å². The molecule has 224 valence electrons. The predicted molar refractivity (Wildman–Crippen MR) is 164 cm³/mol. The number of nitrogens with zero attached hydrogens (tertiary/aromatic N) is 4. The predicted octanol–water partition coefficient (Wildman–Crippen LogP) is 4.34. The molecule has 1 atom stereocenters. The van der Waals surface area contributed by atoms with Crippen molar-refractivity contribution in [1.29, 1.82) is 0 Å². The molecule has 0 saturated carbocycles. The van der Waals surface area contributed by atoms with Crippen LogP contribution < -0.4 is 15.6 Å².